The van der Waals surface area contributed by atoms with E-state index in [0.29, 0.717) is 5.92 Å². The van der Waals surface area contributed by atoms with E-state index >= 15 is 0 Å². The molecule has 0 saturated heterocycles. The summed E-state index contributed by atoms with van der Waals surface area (Å²) in [4.78, 5) is 0. The summed E-state index contributed by atoms with van der Waals surface area (Å²) in [5.41, 5.74) is 8.77. The van der Waals surface area contributed by atoms with Gasteiger partial charge in [0.2, 0.25) is 0 Å². The maximum absolute atomic E-state index is 4.36. The van der Waals surface area contributed by atoms with Gasteiger partial charge in [-0.3, -0.25) is 0 Å². The highest BCUT2D eigenvalue weighted by atomic mass is 14.1. The largest absolute Gasteiger partial charge is 0.0952 e. The third-order valence-corrected chi connectivity index (χ3v) is 5.54. The first kappa shape index (κ1) is 19.0. The maximum atomic E-state index is 4.36. The molecule has 29 heavy (non-hydrogen) atoms. The molecule has 0 aromatic heterocycles. The molecule has 4 aromatic rings. The summed E-state index contributed by atoms with van der Waals surface area (Å²) in [6.07, 6.45) is 0.954. The highest BCUT2D eigenvalue weighted by Gasteiger charge is 2.10. The van der Waals surface area contributed by atoms with Crippen LogP contribution in [0.3, 0.4) is 0 Å². The molecule has 0 heteroatoms. The third-order valence-electron chi connectivity index (χ3n) is 5.54. The first-order chi connectivity index (χ1) is 14.2. The van der Waals surface area contributed by atoms with Crippen molar-refractivity contribution in [2.75, 3.05) is 0 Å². The van der Waals surface area contributed by atoms with E-state index in [1.165, 1.54) is 39.0 Å². The van der Waals surface area contributed by atoms with Crippen LogP contribution in [0.4, 0.5) is 0 Å². The van der Waals surface area contributed by atoms with E-state index in [4.69, 9.17) is 0 Å². The van der Waals surface area contributed by atoms with Crippen molar-refractivity contribution in [2.45, 2.75) is 19.3 Å². The average molecular weight is 375 g/mol. The highest BCUT2D eigenvalue weighted by molar-refractivity contribution is 5.70. The van der Waals surface area contributed by atoms with Crippen molar-refractivity contribution in [3.8, 4) is 22.3 Å². The van der Waals surface area contributed by atoms with Crippen molar-refractivity contribution in [3.63, 3.8) is 0 Å². The SMILES string of the molecule is C=C(CC(C)c1ccc(-c2ccccc2)cc1)c1ccc(-c2ccccc2)cc1. The van der Waals surface area contributed by atoms with E-state index in [1.54, 1.807) is 0 Å². The Labute approximate surface area is 174 Å². The lowest BCUT2D eigenvalue weighted by Crippen LogP contribution is -1.95. The lowest BCUT2D eigenvalue weighted by Gasteiger charge is -2.15. The van der Waals surface area contributed by atoms with E-state index < -0.39 is 0 Å². The Morgan fingerprint density at radius 1 is 0.586 bits per heavy atom. The van der Waals surface area contributed by atoms with Crippen LogP contribution in [-0.4, -0.2) is 0 Å². The van der Waals surface area contributed by atoms with Crippen LogP contribution in [0.1, 0.15) is 30.4 Å². The number of hydrogen-bond donors (Lipinski definition) is 0. The lowest BCUT2D eigenvalue weighted by molar-refractivity contribution is 0.793. The Hall–Kier alpha value is -3.38. The standard InChI is InChI=1S/C29H26/c1-22(24-13-17-28(18-14-24)26-9-5-3-6-10-26)21-23(2)25-15-19-29(20-16-25)27-11-7-4-8-12-27/h3-20,23H,1,21H2,2H3. The Balaban J connectivity index is 1.43. The first-order valence-corrected chi connectivity index (χ1v) is 10.2. The molecule has 0 bridgehead atoms. The van der Waals surface area contributed by atoms with Crippen molar-refractivity contribution >= 4 is 5.57 Å². The number of hydrogen-bond acceptors (Lipinski definition) is 0. The second-order valence-corrected chi connectivity index (χ2v) is 7.64. The third kappa shape index (κ3) is 4.55. The van der Waals surface area contributed by atoms with E-state index in [2.05, 4.69) is 117 Å². The van der Waals surface area contributed by atoms with E-state index in [0.717, 1.165) is 6.42 Å². The molecule has 0 aliphatic heterocycles. The van der Waals surface area contributed by atoms with Gasteiger partial charge in [0.25, 0.3) is 0 Å². The molecule has 0 N–H and O–H groups in total. The molecule has 4 rings (SSSR count). The number of allylic oxidation sites excluding steroid dienone is 1. The Morgan fingerprint density at radius 2 is 1.00 bits per heavy atom. The molecule has 142 valence electrons. The van der Waals surface area contributed by atoms with Gasteiger partial charge in [0.15, 0.2) is 0 Å². The van der Waals surface area contributed by atoms with E-state index in [-0.39, 0.29) is 0 Å². The molecule has 1 unspecified atom stereocenters. The van der Waals surface area contributed by atoms with Crippen LogP contribution in [-0.2, 0) is 0 Å². The molecule has 0 heterocycles. The van der Waals surface area contributed by atoms with Gasteiger partial charge in [0.1, 0.15) is 0 Å². The van der Waals surface area contributed by atoms with Crippen LogP contribution in [0.5, 0.6) is 0 Å². The molecule has 0 fully saturated rings. The number of benzene rings is 4. The normalized spacial score (nSPS) is 11.8. The lowest BCUT2D eigenvalue weighted by atomic mass is 9.90. The predicted molar refractivity (Wildman–Crippen MR) is 126 cm³/mol. The molecule has 0 aliphatic carbocycles. The molecular formula is C29H26. The molecule has 0 spiro atoms. The minimum atomic E-state index is 0.432. The van der Waals surface area contributed by atoms with Crippen molar-refractivity contribution in [2.24, 2.45) is 0 Å². The quantitative estimate of drug-likeness (QED) is 0.319. The van der Waals surface area contributed by atoms with Gasteiger partial charge in [-0.1, -0.05) is 123 Å². The summed E-state index contributed by atoms with van der Waals surface area (Å²) in [6.45, 7) is 6.64. The fourth-order valence-electron chi connectivity index (χ4n) is 3.77. The predicted octanol–water partition coefficient (Wildman–Crippen LogP) is 8.23. The van der Waals surface area contributed by atoms with Crippen molar-refractivity contribution < 1.29 is 0 Å². The molecule has 0 radical (unpaired) electrons. The highest BCUT2D eigenvalue weighted by Crippen LogP contribution is 2.30. The zero-order chi connectivity index (χ0) is 20.1. The fraction of sp³-hybridized carbons (Fsp3) is 0.103. The van der Waals surface area contributed by atoms with Gasteiger partial charge in [-0.05, 0) is 51.3 Å². The average Bonchev–Trinajstić information content (AvgIpc) is 2.80. The van der Waals surface area contributed by atoms with Crippen molar-refractivity contribution in [1.29, 1.82) is 0 Å². The van der Waals surface area contributed by atoms with Crippen LogP contribution in [0.2, 0.25) is 0 Å². The van der Waals surface area contributed by atoms with Gasteiger partial charge in [-0.2, -0.15) is 0 Å². The smallest absolute Gasteiger partial charge is 0.0150 e. The molecular weight excluding hydrogens is 348 g/mol. The molecule has 0 saturated carbocycles. The zero-order valence-corrected chi connectivity index (χ0v) is 16.9. The molecule has 0 amide bonds. The van der Waals surface area contributed by atoms with Crippen molar-refractivity contribution in [3.05, 3.63) is 127 Å². The summed E-state index contributed by atoms with van der Waals surface area (Å²) in [7, 11) is 0. The van der Waals surface area contributed by atoms with E-state index in [1.807, 2.05) is 6.07 Å². The van der Waals surface area contributed by atoms with Gasteiger partial charge in [-0.15, -0.1) is 0 Å². The van der Waals surface area contributed by atoms with Crippen LogP contribution in [0.15, 0.2) is 116 Å². The summed E-state index contributed by atoms with van der Waals surface area (Å²) >= 11 is 0. The Bertz CT molecular complexity index is 1060. The minimum absolute atomic E-state index is 0.432. The second-order valence-electron chi connectivity index (χ2n) is 7.64. The Morgan fingerprint density at radius 3 is 1.48 bits per heavy atom. The van der Waals surface area contributed by atoms with E-state index in [9.17, 15) is 0 Å². The maximum Gasteiger partial charge on any atom is -0.0150 e. The summed E-state index contributed by atoms with van der Waals surface area (Å²) in [5, 5.41) is 0. The summed E-state index contributed by atoms with van der Waals surface area (Å²) in [5.74, 6) is 0.432. The summed E-state index contributed by atoms with van der Waals surface area (Å²) in [6, 6.07) is 38.7. The van der Waals surface area contributed by atoms with Crippen LogP contribution >= 0.6 is 0 Å². The van der Waals surface area contributed by atoms with Gasteiger partial charge >= 0.3 is 0 Å². The topological polar surface area (TPSA) is 0 Å². The van der Waals surface area contributed by atoms with Gasteiger partial charge in [-0.25, -0.2) is 0 Å². The monoisotopic (exact) mass is 374 g/mol. The van der Waals surface area contributed by atoms with Crippen LogP contribution in [0, 0.1) is 0 Å². The molecule has 1 atom stereocenters. The minimum Gasteiger partial charge on any atom is -0.0952 e. The molecule has 0 aliphatic rings. The van der Waals surface area contributed by atoms with Gasteiger partial charge in [0, 0.05) is 0 Å². The van der Waals surface area contributed by atoms with Gasteiger partial charge < -0.3 is 0 Å². The molecule has 4 aromatic carbocycles. The Kier molecular flexibility index (Phi) is 5.72. The van der Waals surface area contributed by atoms with Crippen molar-refractivity contribution in [1.82, 2.24) is 0 Å². The zero-order valence-electron chi connectivity index (χ0n) is 16.9. The second kappa shape index (κ2) is 8.75. The summed E-state index contributed by atoms with van der Waals surface area (Å²) < 4.78 is 0. The van der Waals surface area contributed by atoms with Gasteiger partial charge in [0.05, 0.1) is 0 Å². The molecule has 0 nitrogen and oxygen atoms in total. The van der Waals surface area contributed by atoms with Crippen LogP contribution < -0.4 is 0 Å². The van der Waals surface area contributed by atoms with Crippen LogP contribution in [0.25, 0.3) is 27.8 Å². The number of rotatable bonds is 6. The first-order valence-electron chi connectivity index (χ1n) is 10.2. The fourth-order valence-corrected chi connectivity index (χ4v) is 3.77.